The minimum Gasteiger partial charge on any atom is -0.0730 e. The van der Waals surface area contributed by atoms with E-state index in [1.807, 2.05) is 0 Å². The van der Waals surface area contributed by atoms with E-state index in [1.165, 1.54) is 50.5 Å². The van der Waals surface area contributed by atoms with Crippen molar-refractivity contribution in [1.29, 1.82) is 0 Å². The van der Waals surface area contributed by atoms with E-state index >= 15 is 0 Å². The van der Waals surface area contributed by atoms with Gasteiger partial charge in [-0.05, 0) is 88.0 Å². The van der Waals surface area contributed by atoms with Gasteiger partial charge in [-0.15, -0.1) is 0 Å². The van der Waals surface area contributed by atoms with Crippen molar-refractivity contribution >= 4 is 0 Å². The number of aryl methyl sites for hydroxylation is 1. The first kappa shape index (κ1) is 15.0. The minimum absolute atomic E-state index is 0.359. The smallest absolute Gasteiger partial charge is 0.0221 e. The molecule has 0 nitrogen and oxygen atoms in total. The van der Waals surface area contributed by atoms with Crippen LogP contribution in [0.25, 0.3) is 0 Å². The number of rotatable bonds is 2. The first-order valence-corrected chi connectivity index (χ1v) is 10.1. The Morgan fingerprint density at radius 1 is 0.750 bits per heavy atom. The number of hydrogen-bond donors (Lipinski definition) is 0. The molecule has 0 heteroatoms. The van der Waals surface area contributed by atoms with Gasteiger partial charge in [0.05, 0.1) is 0 Å². The van der Waals surface area contributed by atoms with Crippen LogP contribution in [0.4, 0.5) is 0 Å². The fourth-order valence-corrected chi connectivity index (χ4v) is 7.02. The molecule has 0 unspecified atom stereocenters. The van der Waals surface area contributed by atoms with E-state index in [-0.39, 0.29) is 0 Å². The second kappa shape index (κ2) is 5.35. The SMILES string of the molecule is CC1=CC=C(C2(c3ccc(C)cc3)C3CC4CC(C3)CC2C4)CC1. The highest BCUT2D eigenvalue weighted by Gasteiger charge is 2.58. The summed E-state index contributed by atoms with van der Waals surface area (Å²) in [6.07, 6.45) is 15.0. The van der Waals surface area contributed by atoms with Gasteiger partial charge in [-0.25, -0.2) is 0 Å². The maximum absolute atomic E-state index is 2.53. The van der Waals surface area contributed by atoms with Gasteiger partial charge in [-0.2, -0.15) is 0 Å². The maximum atomic E-state index is 2.53. The summed E-state index contributed by atoms with van der Waals surface area (Å²) in [6.45, 7) is 4.52. The number of benzene rings is 1. The lowest BCUT2D eigenvalue weighted by molar-refractivity contribution is -0.0450. The Kier molecular flexibility index (Phi) is 3.34. The van der Waals surface area contributed by atoms with Crippen LogP contribution in [0.1, 0.15) is 63.0 Å². The molecule has 4 saturated carbocycles. The fourth-order valence-electron chi connectivity index (χ4n) is 7.02. The Hall–Kier alpha value is -1.30. The summed E-state index contributed by atoms with van der Waals surface area (Å²) < 4.78 is 0. The van der Waals surface area contributed by atoms with E-state index in [2.05, 4.69) is 50.3 Å². The van der Waals surface area contributed by atoms with Crippen LogP contribution in [0.15, 0.2) is 47.6 Å². The average Bonchev–Trinajstić information content (AvgIpc) is 2.57. The van der Waals surface area contributed by atoms with Gasteiger partial charge in [-0.3, -0.25) is 0 Å². The van der Waals surface area contributed by atoms with Crippen LogP contribution in [0.2, 0.25) is 0 Å². The molecule has 4 bridgehead atoms. The second-order valence-electron chi connectivity index (χ2n) is 9.24. The highest BCUT2D eigenvalue weighted by Crippen LogP contribution is 2.66. The van der Waals surface area contributed by atoms with E-state index in [0.29, 0.717) is 5.41 Å². The highest BCUT2D eigenvalue weighted by molar-refractivity contribution is 5.45. The summed E-state index contributed by atoms with van der Waals surface area (Å²) >= 11 is 0. The van der Waals surface area contributed by atoms with Gasteiger partial charge in [-0.1, -0.05) is 53.1 Å². The van der Waals surface area contributed by atoms with Crippen molar-refractivity contribution in [2.24, 2.45) is 23.7 Å². The number of allylic oxidation sites excluding steroid dienone is 4. The second-order valence-corrected chi connectivity index (χ2v) is 9.24. The predicted octanol–water partition coefficient (Wildman–Crippen LogP) is 6.36. The molecule has 1 aromatic carbocycles. The van der Waals surface area contributed by atoms with Gasteiger partial charge >= 0.3 is 0 Å². The lowest BCUT2D eigenvalue weighted by atomic mass is 9.41. The van der Waals surface area contributed by atoms with Crippen LogP contribution >= 0.6 is 0 Å². The molecular weight excluding hydrogens is 288 g/mol. The third kappa shape index (κ3) is 2.04. The maximum Gasteiger partial charge on any atom is 0.0221 e. The molecule has 0 heterocycles. The minimum atomic E-state index is 0.359. The molecule has 0 spiro atoms. The Balaban J connectivity index is 1.68. The average molecular weight is 319 g/mol. The molecule has 0 aliphatic heterocycles. The van der Waals surface area contributed by atoms with Gasteiger partial charge in [0.1, 0.15) is 0 Å². The first-order chi connectivity index (χ1) is 11.7. The van der Waals surface area contributed by atoms with Crippen LogP contribution < -0.4 is 0 Å². The Morgan fingerprint density at radius 3 is 1.92 bits per heavy atom. The fraction of sp³-hybridized carbons (Fsp3) is 0.583. The molecule has 5 aliphatic rings. The van der Waals surface area contributed by atoms with Crippen molar-refractivity contribution < 1.29 is 0 Å². The predicted molar refractivity (Wildman–Crippen MR) is 101 cm³/mol. The summed E-state index contributed by atoms with van der Waals surface area (Å²) in [4.78, 5) is 0. The lowest BCUT2D eigenvalue weighted by Gasteiger charge is -2.63. The van der Waals surface area contributed by atoms with Crippen molar-refractivity contribution in [3.8, 4) is 0 Å². The van der Waals surface area contributed by atoms with Crippen molar-refractivity contribution in [3.63, 3.8) is 0 Å². The van der Waals surface area contributed by atoms with Crippen LogP contribution in [-0.4, -0.2) is 0 Å². The summed E-state index contributed by atoms with van der Waals surface area (Å²) in [5.74, 6) is 3.86. The Morgan fingerprint density at radius 2 is 1.38 bits per heavy atom. The van der Waals surface area contributed by atoms with Crippen molar-refractivity contribution in [1.82, 2.24) is 0 Å². The van der Waals surface area contributed by atoms with Crippen LogP contribution in [-0.2, 0) is 5.41 Å². The molecule has 0 aromatic heterocycles. The first-order valence-electron chi connectivity index (χ1n) is 10.1. The third-order valence-electron chi connectivity index (χ3n) is 7.84. The van der Waals surface area contributed by atoms with Crippen molar-refractivity contribution in [3.05, 3.63) is 58.7 Å². The van der Waals surface area contributed by atoms with Gasteiger partial charge < -0.3 is 0 Å². The Bertz CT molecular complexity index is 672. The molecule has 6 rings (SSSR count). The standard InChI is InChI=1S/C24H30/c1-16-3-7-20(8-4-16)24(21-9-5-17(2)6-10-21)22-12-18-11-19(14-22)15-23(24)13-18/h3-5,7-9,18-19,22-23H,6,10-15H2,1-2H3. The molecule has 5 aliphatic carbocycles. The number of hydrogen-bond acceptors (Lipinski definition) is 0. The van der Waals surface area contributed by atoms with Gasteiger partial charge in [0, 0.05) is 5.41 Å². The van der Waals surface area contributed by atoms with E-state index in [4.69, 9.17) is 0 Å². The van der Waals surface area contributed by atoms with E-state index in [1.54, 1.807) is 16.7 Å². The van der Waals surface area contributed by atoms with E-state index < -0.39 is 0 Å². The zero-order chi connectivity index (χ0) is 16.3. The van der Waals surface area contributed by atoms with Crippen LogP contribution in [0.3, 0.4) is 0 Å². The molecule has 24 heavy (non-hydrogen) atoms. The zero-order valence-electron chi connectivity index (χ0n) is 15.2. The Labute approximate surface area is 147 Å². The largest absolute Gasteiger partial charge is 0.0730 e. The highest BCUT2D eigenvalue weighted by atomic mass is 14.6. The molecule has 0 saturated heterocycles. The molecule has 0 N–H and O–H groups in total. The molecule has 0 radical (unpaired) electrons. The molecule has 0 amide bonds. The normalized spacial score (nSPS) is 40.4. The summed E-state index contributed by atoms with van der Waals surface area (Å²) in [5, 5.41) is 0. The van der Waals surface area contributed by atoms with Gasteiger partial charge in [0.25, 0.3) is 0 Å². The zero-order valence-corrected chi connectivity index (χ0v) is 15.2. The monoisotopic (exact) mass is 318 g/mol. The van der Waals surface area contributed by atoms with Crippen molar-refractivity contribution in [2.75, 3.05) is 0 Å². The quantitative estimate of drug-likeness (QED) is 0.595. The van der Waals surface area contributed by atoms with Gasteiger partial charge in [0.2, 0.25) is 0 Å². The summed E-state index contributed by atoms with van der Waals surface area (Å²) in [7, 11) is 0. The summed E-state index contributed by atoms with van der Waals surface area (Å²) in [5.41, 5.74) is 6.72. The van der Waals surface area contributed by atoms with Crippen LogP contribution in [0, 0.1) is 30.6 Å². The summed E-state index contributed by atoms with van der Waals surface area (Å²) in [6, 6.07) is 9.66. The molecule has 1 aromatic rings. The molecule has 4 fully saturated rings. The third-order valence-corrected chi connectivity index (χ3v) is 7.84. The lowest BCUT2D eigenvalue weighted by Crippen LogP contribution is -2.56. The van der Waals surface area contributed by atoms with E-state index in [9.17, 15) is 0 Å². The molecule has 126 valence electrons. The molecule has 0 atom stereocenters. The van der Waals surface area contributed by atoms with Gasteiger partial charge in [0.15, 0.2) is 0 Å². The van der Waals surface area contributed by atoms with Crippen LogP contribution in [0.5, 0.6) is 0 Å². The van der Waals surface area contributed by atoms with Crippen molar-refractivity contribution in [2.45, 2.75) is 64.2 Å². The van der Waals surface area contributed by atoms with E-state index in [0.717, 1.165) is 23.7 Å². The topological polar surface area (TPSA) is 0 Å². The molecular formula is C24H30.